The molecule has 158 valence electrons. The third-order valence-corrected chi connectivity index (χ3v) is 9.30. The molecule has 3 atom stereocenters. The molecule has 1 aliphatic carbocycles. The van der Waals surface area contributed by atoms with Crippen LogP contribution >= 0.6 is 7.60 Å². The number of hydrogen-bond donors (Lipinski definition) is 0. The first-order valence-electron chi connectivity index (χ1n) is 10.3. The predicted molar refractivity (Wildman–Crippen MR) is 114 cm³/mol. The van der Waals surface area contributed by atoms with Gasteiger partial charge in [0.1, 0.15) is 5.16 Å². The zero-order valence-electron chi connectivity index (χ0n) is 17.4. The van der Waals surface area contributed by atoms with Gasteiger partial charge in [0.05, 0.1) is 30.4 Å². The summed E-state index contributed by atoms with van der Waals surface area (Å²) in [5, 5.41) is -0.978. The molecular weight excluding hydrogens is 401 g/mol. The van der Waals surface area contributed by atoms with Crippen molar-refractivity contribution in [1.29, 1.82) is 0 Å². The van der Waals surface area contributed by atoms with Gasteiger partial charge in [-0.25, -0.2) is 0 Å². The van der Waals surface area contributed by atoms with Crippen molar-refractivity contribution >= 4 is 19.4 Å². The molecule has 0 N–H and O–H groups in total. The van der Waals surface area contributed by atoms with Crippen LogP contribution in [-0.4, -0.2) is 41.1 Å². The van der Waals surface area contributed by atoms with Gasteiger partial charge in [-0.15, -0.1) is 0 Å². The molecule has 2 aromatic carbocycles. The zero-order valence-corrected chi connectivity index (χ0v) is 18.3. The molecule has 0 saturated heterocycles. The van der Waals surface area contributed by atoms with E-state index in [9.17, 15) is 14.2 Å². The summed E-state index contributed by atoms with van der Waals surface area (Å²) in [6, 6.07) is 15.9. The zero-order chi connectivity index (χ0) is 21.5. The first-order valence-corrected chi connectivity index (χ1v) is 11.9. The van der Waals surface area contributed by atoms with Crippen LogP contribution in [0.2, 0.25) is 0 Å². The van der Waals surface area contributed by atoms with Gasteiger partial charge in [-0.2, -0.15) is 0 Å². The number of nitrogens with zero attached hydrogens (tertiary/aromatic N) is 1. The molecule has 0 spiro atoms. The van der Waals surface area contributed by atoms with Crippen LogP contribution in [0.3, 0.4) is 0 Å². The number of fused-ring (bicyclic) bond motifs is 1. The van der Waals surface area contributed by atoms with Crippen LogP contribution in [0.1, 0.15) is 59.4 Å². The van der Waals surface area contributed by atoms with Gasteiger partial charge in [0.25, 0.3) is 11.8 Å². The molecule has 1 aliphatic heterocycles. The van der Waals surface area contributed by atoms with E-state index in [4.69, 9.17) is 9.05 Å². The molecule has 7 heteroatoms. The fraction of sp³-hybridized carbons (Fsp3) is 0.391. The molecule has 4 rings (SSSR count). The number of amides is 2. The average Bonchev–Trinajstić information content (AvgIpc) is 3.47. The van der Waals surface area contributed by atoms with E-state index >= 15 is 0 Å². The Morgan fingerprint density at radius 2 is 1.47 bits per heavy atom. The van der Waals surface area contributed by atoms with E-state index in [1.165, 1.54) is 4.90 Å². The number of hydrogen-bond acceptors (Lipinski definition) is 5. The van der Waals surface area contributed by atoms with Crippen molar-refractivity contribution in [2.75, 3.05) is 13.2 Å². The van der Waals surface area contributed by atoms with E-state index in [0.29, 0.717) is 17.5 Å². The van der Waals surface area contributed by atoms with Crippen molar-refractivity contribution in [3.05, 3.63) is 71.3 Å². The van der Waals surface area contributed by atoms with E-state index in [1.807, 2.05) is 30.3 Å². The third-order valence-electron chi connectivity index (χ3n) is 6.22. The third kappa shape index (κ3) is 2.97. The van der Waals surface area contributed by atoms with E-state index in [1.54, 1.807) is 45.0 Å². The molecule has 0 radical (unpaired) electrons. The molecule has 2 amide bonds. The minimum Gasteiger partial charge on any atom is -0.308 e. The molecule has 3 unspecified atom stereocenters. The Hall–Kier alpha value is -2.27. The maximum absolute atomic E-state index is 14.1. The van der Waals surface area contributed by atoms with Crippen molar-refractivity contribution in [2.45, 2.75) is 44.3 Å². The largest absolute Gasteiger partial charge is 0.339 e. The SMILES string of the molecule is CCOP(=O)(OCC)C1(C(C)N2C(=O)c3ccccc3C2=O)CC1c1ccccc1. The fourth-order valence-electron chi connectivity index (χ4n) is 4.75. The second kappa shape index (κ2) is 7.77. The summed E-state index contributed by atoms with van der Waals surface area (Å²) in [5.41, 5.74) is 1.76. The van der Waals surface area contributed by atoms with E-state index < -0.39 is 18.8 Å². The summed E-state index contributed by atoms with van der Waals surface area (Å²) in [4.78, 5) is 27.5. The molecule has 0 bridgehead atoms. The number of benzene rings is 2. The van der Waals surface area contributed by atoms with Gasteiger partial charge < -0.3 is 9.05 Å². The summed E-state index contributed by atoms with van der Waals surface area (Å²) in [5.74, 6) is -0.858. The van der Waals surface area contributed by atoms with Crippen molar-refractivity contribution in [3.63, 3.8) is 0 Å². The van der Waals surface area contributed by atoms with Crippen molar-refractivity contribution in [2.24, 2.45) is 0 Å². The van der Waals surface area contributed by atoms with Crippen molar-refractivity contribution in [1.82, 2.24) is 4.90 Å². The molecule has 2 aromatic rings. The predicted octanol–water partition coefficient (Wildman–Crippen LogP) is 4.86. The molecule has 1 saturated carbocycles. The van der Waals surface area contributed by atoms with Crippen LogP contribution in [0.15, 0.2) is 54.6 Å². The smallest absolute Gasteiger partial charge is 0.308 e. The number of imide groups is 1. The lowest BCUT2D eigenvalue weighted by atomic mass is 10.0. The minimum atomic E-state index is -3.64. The highest BCUT2D eigenvalue weighted by Gasteiger charge is 2.73. The van der Waals surface area contributed by atoms with E-state index in [-0.39, 0.29) is 30.9 Å². The molecular formula is C23H26NO5P. The second-order valence-corrected chi connectivity index (χ2v) is 10.0. The Balaban J connectivity index is 1.79. The Bertz CT molecular complexity index is 978. The molecule has 30 heavy (non-hydrogen) atoms. The topological polar surface area (TPSA) is 72.9 Å². The number of rotatable bonds is 8. The van der Waals surface area contributed by atoms with Crippen LogP contribution in [0.25, 0.3) is 0 Å². The summed E-state index contributed by atoms with van der Waals surface area (Å²) >= 11 is 0. The Morgan fingerprint density at radius 1 is 0.967 bits per heavy atom. The first-order chi connectivity index (χ1) is 14.4. The lowest BCUT2D eigenvalue weighted by Crippen LogP contribution is -2.47. The summed E-state index contributed by atoms with van der Waals surface area (Å²) in [6.07, 6.45) is 0.517. The summed E-state index contributed by atoms with van der Waals surface area (Å²) < 4.78 is 25.6. The van der Waals surface area contributed by atoms with Crippen LogP contribution < -0.4 is 0 Å². The molecule has 2 aliphatic rings. The second-order valence-electron chi connectivity index (χ2n) is 7.69. The highest BCUT2D eigenvalue weighted by Crippen LogP contribution is 2.79. The van der Waals surface area contributed by atoms with E-state index in [0.717, 1.165) is 5.56 Å². The lowest BCUT2D eigenvalue weighted by Gasteiger charge is -2.36. The highest BCUT2D eigenvalue weighted by molar-refractivity contribution is 7.56. The van der Waals surface area contributed by atoms with Gasteiger partial charge in [-0.05, 0) is 44.9 Å². The quantitative estimate of drug-likeness (QED) is 0.444. The Labute approximate surface area is 176 Å². The Kier molecular flexibility index (Phi) is 5.43. The standard InChI is InChI=1S/C23H26NO5P/c1-4-28-30(27,29-5-2)23(15-20(23)17-11-7-6-8-12-17)16(3)24-21(25)18-13-9-10-14-19(18)22(24)26/h6-14,16,20H,4-5,15H2,1-3H3. The summed E-state index contributed by atoms with van der Waals surface area (Å²) in [6.45, 7) is 5.76. The fourth-order valence-corrected chi connectivity index (χ4v) is 7.50. The average molecular weight is 427 g/mol. The van der Waals surface area contributed by atoms with Crippen LogP contribution in [0.4, 0.5) is 0 Å². The van der Waals surface area contributed by atoms with Gasteiger partial charge >= 0.3 is 7.60 Å². The van der Waals surface area contributed by atoms with Crippen LogP contribution in [0.5, 0.6) is 0 Å². The van der Waals surface area contributed by atoms with Gasteiger partial charge in [0.2, 0.25) is 0 Å². The molecule has 1 heterocycles. The van der Waals surface area contributed by atoms with Crippen LogP contribution in [0, 0.1) is 0 Å². The van der Waals surface area contributed by atoms with Gasteiger partial charge in [-0.1, -0.05) is 42.5 Å². The van der Waals surface area contributed by atoms with Gasteiger partial charge in [0, 0.05) is 5.92 Å². The van der Waals surface area contributed by atoms with Gasteiger partial charge in [0.15, 0.2) is 0 Å². The minimum absolute atomic E-state index is 0.137. The van der Waals surface area contributed by atoms with E-state index in [2.05, 4.69) is 0 Å². The maximum Gasteiger partial charge on any atom is 0.339 e. The normalized spacial score (nSPS) is 24.1. The lowest BCUT2D eigenvalue weighted by molar-refractivity contribution is 0.0574. The Morgan fingerprint density at radius 3 is 1.97 bits per heavy atom. The molecule has 1 fully saturated rings. The maximum atomic E-state index is 14.1. The highest BCUT2D eigenvalue weighted by atomic mass is 31.2. The number of carbonyl (C=O) groups excluding carboxylic acids is 2. The van der Waals surface area contributed by atoms with Crippen molar-refractivity contribution in [3.8, 4) is 0 Å². The molecule has 0 aromatic heterocycles. The summed E-state index contributed by atoms with van der Waals surface area (Å²) in [7, 11) is -3.64. The molecule has 6 nitrogen and oxygen atoms in total. The first kappa shape index (κ1) is 21.0. The van der Waals surface area contributed by atoms with Gasteiger partial charge in [-0.3, -0.25) is 19.1 Å². The van der Waals surface area contributed by atoms with Crippen molar-refractivity contribution < 1.29 is 23.2 Å². The monoisotopic (exact) mass is 427 g/mol. The number of carbonyl (C=O) groups is 2. The van der Waals surface area contributed by atoms with Crippen LogP contribution in [-0.2, 0) is 13.6 Å².